The molecule has 0 radical (unpaired) electrons. The summed E-state index contributed by atoms with van der Waals surface area (Å²) in [5.74, 6) is 0.823. The Bertz CT molecular complexity index is 409. The average molecular weight is 278 g/mol. The third-order valence-corrected chi connectivity index (χ3v) is 3.30. The fraction of sp³-hybridized carbons (Fsp3) is 0.733. The molecule has 1 aliphatic carbocycles. The van der Waals surface area contributed by atoms with Gasteiger partial charge in [-0.1, -0.05) is 0 Å². The van der Waals surface area contributed by atoms with Crippen LogP contribution in [0, 0.1) is 0 Å². The van der Waals surface area contributed by atoms with Crippen LogP contribution in [-0.2, 0) is 11.3 Å². The molecular weight excluding hydrogens is 252 g/mol. The number of aromatic nitrogens is 2. The number of ether oxygens (including phenoxy) is 1. The van der Waals surface area contributed by atoms with E-state index in [0.717, 1.165) is 24.6 Å². The summed E-state index contributed by atoms with van der Waals surface area (Å²) in [6.07, 6.45) is 6.31. The Morgan fingerprint density at radius 3 is 2.45 bits per heavy atom. The molecular formula is C15H26N4O. The lowest BCUT2D eigenvalue weighted by Gasteiger charge is -2.22. The first-order chi connectivity index (χ1) is 9.49. The van der Waals surface area contributed by atoms with Gasteiger partial charge >= 0.3 is 0 Å². The van der Waals surface area contributed by atoms with E-state index in [1.165, 1.54) is 12.8 Å². The molecule has 1 saturated carbocycles. The lowest BCUT2D eigenvalue weighted by Crippen LogP contribution is -2.35. The molecule has 0 atom stereocenters. The predicted molar refractivity (Wildman–Crippen MR) is 80.9 cm³/mol. The predicted octanol–water partition coefficient (Wildman–Crippen LogP) is 1.98. The Kier molecular flexibility index (Phi) is 4.94. The fourth-order valence-electron chi connectivity index (χ4n) is 1.98. The first-order valence-electron chi connectivity index (χ1n) is 7.31. The molecule has 0 saturated heterocycles. The number of nitrogens with one attached hydrogen (secondary N) is 1. The standard InChI is InChI=1S/C15H26N4O/c1-15(2,3)18-11-12-9-16-14(17-10-12)19(7-8-20-4)13-5-6-13/h9-10,13,18H,5-8,11H2,1-4H3. The van der Waals surface area contributed by atoms with Crippen molar-refractivity contribution in [2.24, 2.45) is 0 Å². The van der Waals surface area contributed by atoms with Gasteiger partial charge in [-0.15, -0.1) is 0 Å². The van der Waals surface area contributed by atoms with Gasteiger partial charge in [-0.2, -0.15) is 0 Å². The Labute approximate surface area is 121 Å². The van der Waals surface area contributed by atoms with Crippen LogP contribution in [0.25, 0.3) is 0 Å². The quantitative estimate of drug-likeness (QED) is 0.826. The SMILES string of the molecule is COCCN(c1ncc(CNC(C)(C)C)cn1)C1CC1. The summed E-state index contributed by atoms with van der Waals surface area (Å²) in [7, 11) is 1.73. The van der Waals surface area contributed by atoms with Gasteiger partial charge in [0.25, 0.3) is 0 Å². The minimum atomic E-state index is 0.108. The van der Waals surface area contributed by atoms with Crippen molar-refractivity contribution < 1.29 is 4.74 Å². The van der Waals surface area contributed by atoms with Gasteiger partial charge in [-0.3, -0.25) is 0 Å². The van der Waals surface area contributed by atoms with Gasteiger partial charge in [-0.05, 0) is 33.6 Å². The minimum absolute atomic E-state index is 0.108. The van der Waals surface area contributed by atoms with E-state index in [9.17, 15) is 0 Å². The van der Waals surface area contributed by atoms with Gasteiger partial charge in [0.2, 0.25) is 5.95 Å². The van der Waals surface area contributed by atoms with E-state index in [2.05, 4.69) is 41.0 Å². The van der Waals surface area contributed by atoms with Gasteiger partial charge in [0.15, 0.2) is 0 Å². The molecule has 0 aliphatic heterocycles. The molecule has 5 heteroatoms. The second-order valence-corrected chi connectivity index (χ2v) is 6.41. The number of methoxy groups -OCH3 is 1. The van der Waals surface area contributed by atoms with Crippen LogP contribution in [-0.4, -0.2) is 41.8 Å². The summed E-state index contributed by atoms with van der Waals surface area (Å²) >= 11 is 0. The molecule has 5 nitrogen and oxygen atoms in total. The molecule has 1 aromatic rings. The highest BCUT2D eigenvalue weighted by molar-refractivity contribution is 5.34. The van der Waals surface area contributed by atoms with E-state index in [0.29, 0.717) is 12.6 Å². The van der Waals surface area contributed by atoms with Crippen LogP contribution >= 0.6 is 0 Å². The van der Waals surface area contributed by atoms with Crippen molar-refractivity contribution in [1.29, 1.82) is 0 Å². The topological polar surface area (TPSA) is 50.3 Å². The van der Waals surface area contributed by atoms with Gasteiger partial charge in [-0.25, -0.2) is 9.97 Å². The highest BCUT2D eigenvalue weighted by atomic mass is 16.5. The summed E-state index contributed by atoms with van der Waals surface area (Å²) in [5.41, 5.74) is 1.23. The maximum atomic E-state index is 5.16. The fourth-order valence-corrected chi connectivity index (χ4v) is 1.98. The lowest BCUT2D eigenvalue weighted by molar-refractivity contribution is 0.204. The van der Waals surface area contributed by atoms with Crippen molar-refractivity contribution in [2.75, 3.05) is 25.2 Å². The van der Waals surface area contributed by atoms with Gasteiger partial charge < -0.3 is 15.0 Å². The van der Waals surface area contributed by atoms with Crippen LogP contribution in [0.4, 0.5) is 5.95 Å². The monoisotopic (exact) mass is 278 g/mol. The molecule has 0 spiro atoms. The maximum absolute atomic E-state index is 5.16. The van der Waals surface area contributed by atoms with E-state index >= 15 is 0 Å². The third-order valence-electron chi connectivity index (χ3n) is 3.30. The zero-order valence-corrected chi connectivity index (χ0v) is 13.0. The minimum Gasteiger partial charge on any atom is -0.383 e. The maximum Gasteiger partial charge on any atom is 0.225 e. The largest absolute Gasteiger partial charge is 0.383 e. The second kappa shape index (κ2) is 6.50. The molecule has 1 heterocycles. The molecule has 0 amide bonds. The number of rotatable bonds is 7. The van der Waals surface area contributed by atoms with Crippen LogP contribution in [0.2, 0.25) is 0 Å². The van der Waals surface area contributed by atoms with Gasteiger partial charge in [0, 0.05) is 49.7 Å². The molecule has 1 aliphatic rings. The van der Waals surface area contributed by atoms with Crippen LogP contribution in [0.5, 0.6) is 0 Å². The van der Waals surface area contributed by atoms with Crippen molar-refractivity contribution in [1.82, 2.24) is 15.3 Å². The molecule has 1 N–H and O–H groups in total. The van der Waals surface area contributed by atoms with E-state index in [4.69, 9.17) is 4.74 Å². The smallest absolute Gasteiger partial charge is 0.225 e. The number of hydrogen-bond acceptors (Lipinski definition) is 5. The van der Waals surface area contributed by atoms with Crippen molar-refractivity contribution in [3.63, 3.8) is 0 Å². The number of nitrogens with zero attached hydrogens (tertiary/aromatic N) is 3. The van der Waals surface area contributed by atoms with E-state index < -0.39 is 0 Å². The van der Waals surface area contributed by atoms with Crippen LogP contribution in [0.3, 0.4) is 0 Å². The van der Waals surface area contributed by atoms with Gasteiger partial charge in [0.1, 0.15) is 0 Å². The van der Waals surface area contributed by atoms with E-state index in [-0.39, 0.29) is 5.54 Å². The van der Waals surface area contributed by atoms with Crippen LogP contribution in [0.1, 0.15) is 39.2 Å². The zero-order chi connectivity index (χ0) is 14.6. The summed E-state index contributed by atoms with van der Waals surface area (Å²) in [6.45, 7) is 8.84. The van der Waals surface area contributed by atoms with Gasteiger partial charge in [0.05, 0.1) is 6.61 Å². The highest BCUT2D eigenvalue weighted by Crippen LogP contribution is 2.29. The molecule has 20 heavy (non-hydrogen) atoms. The molecule has 1 aromatic heterocycles. The first-order valence-corrected chi connectivity index (χ1v) is 7.31. The van der Waals surface area contributed by atoms with Crippen LogP contribution in [0.15, 0.2) is 12.4 Å². The first kappa shape index (κ1) is 15.2. The second-order valence-electron chi connectivity index (χ2n) is 6.41. The third kappa shape index (κ3) is 4.72. The molecule has 0 aromatic carbocycles. The van der Waals surface area contributed by atoms with Crippen molar-refractivity contribution in [3.8, 4) is 0 Å². The van der Waals surface area contributed by atoms with Crippen molar-refractivity contribution >= 4 is 5.95 Å². The summed E-state index contributed by atoms with van der Waals surface area (Å²) in [5, 5.41) is 3.44. The Balaban J connectivity index is 1.95. The molecule has 0 unspecified atom stereocenters. The van der Waals surface area contributed by atoms with E-state index in [1.807, 2.05) is 12.4 Å². The summed E-state index contributed by atoms with van der Waals surface area (Å²) in [6, 6.07) is 0.601. The lowest BCUT2D eigenvalue weighted by atomic mass is 10.1. The molecule has 2 rings (SSSR count). The van der Waals surface area contributed by atoms with Crippen molar-refractivity contribution in [3.05, 3.63) is 18.0 Å². The summed E-state index contributed by atoms with van der Waals surface area (Å²) < 4.78 is 5.16. The Morgan fingerprint density at radius 2 is 1.95 bits per heavy atom. The molecule has 0 bridgehead atoms. The Morgan fingerprint density at radius 1 is 1.30 bits per heavy atom. The zero-order valence-electron chi connectivity index (χ0n) is 13.0. The number of anilines is 1. The van der Waals surface area contributed by atoms with Crippen molar-refractivity contribution in [2.45, 2.75) is 51.7 Å². The average Bonchev–Trinajstić information content (AvgIpc) is 3.22. The molecule has 1 fully saturated rings. The number of hydrogen-bond donors (Lipinski definition) is 1. The normalized spacial score (nSPS) is 15.4. The van der Waals surface area contributed by atoms with Crippen LogP contribution < -0.4 is 10.2 Å². The molecule has 112 valence electrons. The Hall–Kier alpha value is -1.20. The van der Waals surface area contributed by atoms with E-state index in [1.54, 1.807) is 7.11 Å². The summed E-state index contributed by atoms with van der Waals surface area (Å²) in [4.78, 5) is 11.3. The highest BCUT2D eigenvalue weighted by Gasteiger charge is 2.30.